The van der Waals surface area contributed by atoms with Crippen LogP contribution >= 0.6 is 11.6 Å². The second kappa shape index (κ2) is 8.05. The van der Waals surface area contributed by atoms with E-state index in [0.717, 1.165) is 0 Å². The van der Waals surface area contributed by atoms with E-state index in [0.29, 0.717) is 33.1 Å². The quantitative estimate of drug-likeness (QED) is 0.697. The molecule has 1 amide bonds. The molecule has 0 bridgehead atoms. The molecule has 0 aliphatic rings. The third-order valence-electron chi connectivity index (χ3n) is 3.93. The summed E-state index contributed by atoms with van der Waals surface area (Å²) in [7, 11) is 2.95. The number of benzene rings is 2. The number of halogens is 1. The molecule has 0 atom stereocenters. The van der Waals surface area contributed by atoms with Crippen LogP contribution in [0.2, 0.25) is 5.02 Å². The second-order valence-corrected chi connectivity index (χ2v) is 6.03. The highest BCUT2D eigenvalue weighted by Gasteiger charge is 2.13. The van der Waals surface area contributed by atoms with E-state index < -0.39 is 0 Å². The number of methoxy groups -OCH3 is 2. The third kappa shape index (κ3) is 4.01. The topological polar surface area (TPSA) is 95.3 Å². The minimum absolute atomic E-state index is 0.0288. The van der Waals surface area contributed by atoms with Crippen molar-refractivity contribution < 1.29 is 14.3 Å². The largest absolute Gasteiger partial charge is 0.495 e. The molecule has 0 radical (unpaired) electrons. The summed E-state index contributed by atoms with van der Waals surface area (Å²) in [5, 5.41) is 11.4. The summed E-state index contributed by atoms with van der Waals surface area (Å²) in [6.45, 7) is 0.0928. The van der Waals surface area contributed by atoms with Gasteiger partial charge >= 0.3 is 0 Å². The van der Waals surface area contributed by atoms with E-state index >= 15 is 0 Å². The third-order valence-corrected chi connectivity index (χ3v) is 4.22. The van der Waals surface area contributed by atoms with Gasteiger partial charge in [0.25, 0.3) is 5.56 Å². The Labute approximate surface area is 159 Å². The van der Waals surface area contributed by atoms with Crippen LogP contribution in [0.3, 0.4) is 0 Å². The summed E-state index contributed by atoms with van der Waals surface area (Å²) in [6.07, 6.45) is 0.0288. The summed E-state index contributed by atoms with van der Waals surface area (Å²) in [4.78, 5) is 24.7. The number of aryl methyl sites for hydroxylation is 1. The van der Waals surface area contributed by atoms with Gasteiger partial charge in [0.2, 0.25) is 5.91 Å². The van der Waals surface area contributed by atoms with Gasteiger partial charge in [0.05, 0.1) is 36.9 Å². The van der Waals surface area contributed by atoms with Crippen LogP contribution in [0.4, 0.5) is 5.69 Å². The van der Waals surface area contributed by atoms with E-state index in [1.165, 1.54) is 18.9 Å². The van der Waals surface area contributed by atoms with Crippen LogP contribution in [-0.4, -0.2) is 35.1 Å². The molecule has 1 heterocycles. The predicted octanol–water partition coefficient (Wildman–Crippen LogP) is 2.49. The van der Waals surface area contributed by atoms with E-state index in [9.17, 15) is 9.59 Å². The molecule has 0 spiro atoms. The summed E-state index contributed by atoms with van der Waals surface area (Å²) in [5.41, 5.74) is 0.640. The molecule has 3 rings (SSSR count). The molecule has 0 saturated carbocycles. The number of ether oxygens (including phenoxy) is 2. The average molecular weight is 389 g/mol. The SMILES string of the molecule is COc1cc(NC(=O)CCn2nnc3ccccc3c2=O)c(OC)cc1Cl. The number of carbonyl (C=O) groups is 1. The maximum absolute atomic E-state index is 12.4. The maximum Gasteiger partial charge on any atom is 0.277 e. The lowest BCUT2D eigenvalue weighted by Crippen LogP contribution is -2.26. The number of nitrogens with zero attached hydrogens (tertiary/aromatic N) is 3. The van der Waals surface area contributed by atoms with E-state index in [1.807, 2.05) is 0 Å². The lowest BCUT2D eigenvalue weighted by atomic mass is 10.2. The molecule has 3 aromatic rings. The van der Waals surface area contributed by atoms with Crippen LogP contribution in [0.1, 0.15) is 6.42 Å². The van der Waals surface area contributed by atoms with Crippen LogP contribution < -0.4 is 20.3 Å². The highest BCUT2D eigenvalue weighted by molar-refractivity contribution is 6.32. The number of aromatic nitrogens is 3. The van der Waals surface area contributed by atoms with Gasteiger partial charge in [-0.05, 0) is 12.1 Å². The minimum atomic E-state index is -0.320. The Bertz CT molecular complexity index is 1050. The summed E-state index contributed by atoms with van der Waals surface area (Å²) >= 11 is 6.05. The molecule has 27 heavy (non-hydrogen) atoms. The fourth-order valence-electron chi connectivity index (χ4n) is 2.55. The molecule has 8 nitrogen and oxygen atoms in total. The van der Waals surface area contributed by atoms with Crippen molar-refractivity contribution in [2.75, 3.05) is 19.5 Å². The van der Waals surface area contributed by atoms with Gasteiger partial charge in [-0.25, -0.2) is 4.68 Å². The minimum Gasteiger partial charge on any atom is -0.495 e. The van der Waals surface area contributed by atoms with Gasteiger partial charge in [-0.3, -0.25) is 9.59 Å². The average Bonchev–Trinajstić information content (AvgIpc) is 2.68. The molecular formula is C18H17ClN4O4. The van der Waals surface area contributed by atoms with Gasteiger partial charge in [-0.1, -0.05) is 28.9 Å². The number of hydrogen-bond acceptors (Lipinski definition) is 6. The molecule has 1 N–H and O–H groups in total. The van der Waals surface area contributed by atoms with Gasteiger partial charge in [-0.2, -0.15) is 0 Å². The van der Waals surface area contributed by atoms with Gasteiger partial charge in [-0.15, -0.1) is 5.10 Å². The van der Waals surface area contributed by atoms with Crippen LogP contribution in [0, 0.1) is 0 Å². The van der Waals surface area contributed by atoms with Gasteiger partial charge in [0.15, 0.2) is 0 Å². The van der Waals surface area contributed by atoms with Crippen molar-refractivity contribution in [2.24, 2.45) is 0 Å². The van der Waals surface area contributed by atoms with Crippen LogP contribution in [-0.2, 0) is 11.3 Å². The predicted molar refractivity (Wildman–Crippen MR) is 102 cm³/mol. The van der Waals surface area contributed by atoms with Crippen molar-refractivity contribution in [1.82, 2.24) is 15.0 Å². The Hall–Kier alpha value is -3.13. The normalized spacial score (nSPS) is 10.6. The van der Waals surface area contributed by atoms with E-state index in [4.69, 9.17) is 21.1 Å². The van der Waals surface area contributed by atoms with Crippen LogP contribution in [0.15, 0.2) is 41.2 Å². The van der Waals surface area contributed by atoms with Crippen molar-refractivity contribution in [3.05, 3.63) is 51.8 Å². The first-order chi connectivity index (χ1) is 13.0. The second-order valence-electron chi connectivity index (χ2n) is 5.62. The van der Waals surface area contributed by atoms with Gasteiger partial charge < -0.3 is 14.8 Å². The molecule has 1 aromatic heterocycles. The van der Waals surface area contributed by atoms with E-state index in [-0.39, 0.29) is 24.4 Å². The van der Waals surface area contributed by atoms with E-state index in [1.54, 1.807) is 36.4 Å². The van der Waals surface area contributed by atoms with Crippen molar-refractivity contribution in [3.8, 4) is 11.5 Å². The lowest BCUT2D eigenvalue weighted by Gasteiger charge is -2.13. The number of amides is 1. The van der Waals surface area contributed by atoms with Crippen molar-refractivity contribution in [3.63, 3.8) is 0 Å². The number of anilines is 1. The number of nitrogens with one attached hydrogen (secondary N) is 1. The summed E-state index contributed by atoms with van der Waals surface area (Å²) < 4.78 is 11.5. The first kappa shape index (κ1) is 18.7. The highest BCUT2D eigenvalue weighted by Crippen LogP contribution is 2.35. The highest BCUT2D eigenvalue weighted by atomic mass is 35.5. The summed E-state index contributed by atoms with van der Waals surface area (Å²) in [5.74, 6) is 0.487. The van der Waals surface area contributed by atoms with Crippen LogP contribution in [0.25, 0.3) is 10.9 Å². The fraction of sp³-hybridized carbons (Fsp3) is 0.222. The molecule has 140 valence electrons. The van der Waals surface area contributed by atoms with Gasteiger partial charge in [0, 0.05) is 18.6 Å². The molecule has 0 aliphatic heterocycles. The van der Waals surface area contributed by atoms with Gasteiger partial charge in [0.1, 0.15) is 17.0 Å². The number of hydrogen-bond donors (Lipinski definition) is 1. The molecular weight excluding hydrogens is 372 g/mol. The van der Waals surface area contributed by atoms with Crippen molar-refractivity contribution in [2.45, 2.75) is 13.0 Å². The number of carbonyl (C=O) groups excluding carboxylic acids is 1. The fourth-order valence-corrected chi connectivity index (χ4v) is 2.78. The van der Waals surface area contributed by atoms with Crippen LogP contribution in [0.5, 0.6) is 11.5 Å². The standard InChI is InChI=1S/C18H17ClN4O4/c1-26-15-10-14(16(27-2)9-12(15)19)20-17(24)7-8-23-18(25)11-5-3-4-6-13(11)21-22-23/h3-6,9-10H,7-8H2,1-2H3,(H,20,24). The number of rotatable bonds is 6. The molecule has 2 aromatic carbocycles. The first-order valence-corrected chi connectivity index (χ1v) is 8.45. The Kier molecular flexibility index (Phi) is 5.56. The monoisotopic (exact) mass is 388 g/mol. The van der Waals surface area contributed by atoms with Crippen molar-refractivity contribution in [1.29, 1.82) is 0 Å². The smallest absolute Gasteiger partial charge is 0.277 e. The maximum atomic E-state index is 12.4. The Morgan fingerprint density at radius 1 is 1.19 bits per heavy atom. The lowest BCUT2D eigenvalue weighted by molar-refractivity contribution is -0.116. The zero-order valence-corrected chi connectivity index (χ0v) is 15.5. The Balaban J connectivity index is 1.74. The molecule has 0 aliphatic carbocycles. The van der Waals surface area contributed by atoms with Crippen molar-refractivity contribution >= 4 is 34.1 Å². The zero-order valence-electron chi connectivity index (χ0n) is 14.7. The molecule has 0 unspecified atom stereocenters. The zero-order chi connectivity index (χ0) is 19.4. The molecule has 9 heteroatoms. The number of fused-ring (bicyclic) bond motifs is 1. The summed E-state index contributed by atoms with van der Waals surface area (Å²) in [6, 6.07) is 10.0. The van der Waals surface area contributed by atoms with E-state index in [2.05, 4.69) is 15.6 Å². The Morgan fingerprint density at radius 3 is 2.67 bits per heavy atom. The molecule has 0 fully saturated rings. The first-order valence-electron chi connectivity index (χ1n) is 8.07. The molecule has 0 saturated heterocycles. The Morgan fingerprint density at radius 2 is 1.93 bits per heavy atom.